The Bertz CT molecular complexity index is 1000. The topological polar surface area (TPSA) is 50.7 Å². The number of methoxy groups -OCH3 is 1. The van der Waals surface area contributed by atoms with Crippen LogP contribution in [0.25, 0.3) is 6.08 Å². The first-order valence-corrected chi connectivity index (χ1v) is 10.3. The van der Waals surface area contributed by atoms with Crippen molar-refractivity contribution in [2.45, 2.75) is 26.7 Å². The van der Waals surface area contributed by atoms with Gasteiger partial charge in [0, 0.05) is 0 Å². The number of amides is 1. The van der Waals surface area contributed by atoms with Crippen LogP contribution in [0.4, 0.5) is 5.69 Å². The van der Waals surface area contributed by atoms with Gasteiger partial charge in [-0.05, 0) is 71.6 Å². The maximum atomic E-state index is 12.4. The number of nitrogens with one attached hydrogen (secondary N) is 1. The lowest BCUT2D eigenvalue weighted by Crippen LogP contribution is -2.19. The van der Waals surface area contributed by atoms with E-state index in [9.17, 15) is 4.79 Å². The van der Waals surface area contributed by atoms with Gasteiger partial charge < -0.3 is 10.1 Å². The van der Waals surface area contributed by atoms with Crippen molar-refractivity contribution >= 4 is 57.8 Å². The number of hydrogen-bond donors (Lipinski definition) is 1. The molecule has 1 aliphatic rings. The molecule has 1 amide bonds. The minimum absolute atomic E-state index is 0.191. The molecule has 2 aromatic rings. The minimum atomic E-state index is -0.191. The summed E-state index contributed by atoms with van der Waals surface area (Å²) < 4.78 is 5.49. The number of carbonyl (C=O) groups excluding carboxylic acids is 1. The van der Waals surface area contributed by atoms with Crippen LogP contribution in [-0.2, 0) is 4.79 Å². The monoisotopic (exact) mass is 434 g/mol. The summed E-state index contributed by atoms with van der Waals surface area (Å²) in [4.78, 5) is 17.4. The molecule has 0 aliphatic carbocycles. The van der Waals surface area contributed by atoms with Crippen LogP contribution in [0, 0.1) is 6.92 Å². The maximum absolute atomic E-state index is 12.4. The van der Waals surface area contributed by atoms with Crippen molar-refractivity contribution in [1.29, 1.82) is 0 Å². The van der Waals surface area contributed by atoms with E-state index in [2.05, 4.69) is 30.2 Å². The fraction of sp³-hybridized carbons (Fsp3) is 0.238. The van der Waals surface area contributed by atoms with Gasteiger partial charge in [-0.2, -0.15) is 0 Å². The number of amidine groups is 1. The van der Waals surface area contributed by atoms with E-state index in [4.69, 9.17) is 27.9 Å². The zero-order valence-corrected chi connectivity index (χ0v) is 18.3. The average Bonchev–Trinajstić information content (AvgIpc) is 2.99. The highest BCUT2D eigenvalue weighted by atomic mass is 35.5. The molecule has 28 heavy (non-hydrogen) atoms. The minimum Gasteiger partial charge on any atom is -0.496 e. The van der Waals surface area contributed by atoms with Crippen LogP contribution in [0.5, 0.6) is 5.75 Å². The number of rotatable bonds is 4. The molecule has 3 rings (SSSR count). The Morgan fingerprint density at radius 3 is 2.68 bits per heavy atom. The van der Waals surface area contributed by atoms with Crippen LogP contribution in [-0.4, -0.2) is 18.2 Å². The lowest BCUT2D eigenvalue weighted by Gasteiger charge is -2.14. The lowest BCUT2D eigenvalue weighted by molar-refractivity contribution is -0.115. The van der Waals surface area contributed by atoms with Crippen molar-refractivity contribution in [2.75, 3.05) is 7.11 Å². The van der Waals surface area contributed by atoms with Crippen LogP contribution in [0.15, 0.2) is 40.2 Å². The molecule has 1 aliphatic heterocycles. The highest BCUT2D eigenvalue weighted by Gasteiger charge is 2.24. The van der Waals surface area contributed by atoms with Crippen molar-refractivity contribution in [3.8, 4) is 5.75 Å². The Hall–Kier alpha value is -1.95. The molecule has 1 saturated heterocycles. The summed E-state index contributed by atoms with van der Waals surface area (Å²) in [6.07, 6.45) is 1.88. The third-order valence-corrected chi connectivity index (χ3v) is 6.05. The standard InChI is InChI=1S/C21H20Cl2N2O2S/c1-11(2)14-9-13(12(3)8-17(14)27-4)10-18-20(26)25-21(28-18)24-16-7-5-6-15(22)19(16)23/h5-11H,1-4H3,(H,24,25,26)/b18-10-. The molecule has 146 valence electrons. The van der Waals surface area contributed by atoms with Gasteiger partial charge in [-0.15, -0.1) is 0 Å². The fourth-order valence-corrected chi connectivity index (χ4v) is 3.97. The van der Waals surface area contributed by atoms with E-state index >= 15 is 0 Å². The average molecular weight is 435 g/mol. The summed E-state index contributed by atoms with van der Waals surface area (Å²) in [5, 5.41) is 4.02. The van der Waals surface area contributed by atoms with Crippen molar-refractivity contribution in [2.24, 2.45) is 4.99 Å². The van der Waals surface area contributed by atoms with Gasteiger partial charge in [-0.1, -0.05) is 43.1 Å². The van der Waals surface area contributed by atoms with Crippen LogP contribution >= 0.6 is 35.0 Å². The van der Waals surface area contributed by atoms with Crippen LogP contribution in [0.1, 0.15) is 36.5 Å². The molecule has 0 bridgehead atoms. The lowest BCUT2D eigenvalue weighted by atomic mass is 9.96. The van der Waals surface area contributed by atoms with Crippen molar-refractivity contribution in [3.63, 3.8) is 0 Å². The van der Waals surface area contributed by atoms with E-state index in [1.807, 2.05) is 19.1 Å². The summed E-state index contributed by atoms with van der Waals surface area (Å²) in [6, 6.07) is 9.28. The second kappa shape index (κ2) is 8.60. The normalized spacial score (nSPS) is 16.9. The quantitative estimate of drug-likeness (QED) is 0.572. The highest BCUT2D eigenvalue weighted by Crippen LogP contribution is 2.36. The molecule has 0 radical (unpaired) electrons. The molecule has 0 saturated carbocycles. The van der Waals surface area contributed by atoms with Gasteiger partial charge in [0.25, 0.3) is 5.91 Å². The molecule has 4 nitrogen and oxygen atoms in total. The van der Waals surface area contributed by atoms with Crippen molar-refractivity contribution in [3.05, 3.63) is 62.0 Å². The van der Waals surface area contributed by atoms with Gasteiger partial charge in [0.05, 0.1) is 27.7 Å². The third kappa shape index (κ3) is 4.37. The van der Waals surface area contributed by atoms with Gasteiger partial charge >= 0.3 is 0 Å². The molecule has 0 atom stereocenters. The molecule has 2 aromatic carbocycles. The summed E-state index contributed by atoms with van der Waals surface area (Å²) in [5.41, 5.74) is 3.62. The molecule has 0 aromatic heterocycles. The predicted octanol–water partition coefficient (Wildman–Crippen LogP) is 6.33. The summed E-state index contributed by atoms with van der Waals surface area (Å²) in [7, 11) is 1.67. The van der Waals surface area contributed by atoms with Crippen LogP contribution < -0.4 is 10.1 Å². The zero-order chi connectivity index (χ0) is 20.4. The Balaban J connectivity index is 1.94. The van der Waals surface area contributed by atoms with E-state index in [1.165, 1.54) is 11.8 Å². The molecular weight excluding hydrogens is 415 g/mol. The molecule has 0 spiro atoms. The van der Waals surface area contributed by atoms with E-state index in [0.29, 0.717) is 31.7 Å². The van der Waals surface area contributed by atoms with Gasteiger partial charge in [-0.3, -0.25) is 4.79 Å². The first-order valence-electron chi connectivity index (χ1n) is 8.72. The van der Waals surface area contributed by atoms with Crippen molar-refractivity contribution in [1.82, 2.24) is 5.32 Å². The maximum Gasteiger partial charge on any atom is 0.264 e. The summed E-state index contributed by atoms with van der Waals surface area (Å²) >= 11 is 13.5. The molecule has 1 fully saturated rings. The van der Waals surface area contributed by atoms with Gasteiger partial charge in [-0.25, -0.2) is 4.99 Å². The molecular formula is C21H20Cl2N2O2S. The zero-order valence-electron chi connectivity index (χ0n) is 16.0. The second-order valence-electron chi connectivity index (χ2n) is 6.66. The molecule has 1 heterocycles. The highest BCUT2D eigenvalue weighted by molar-refractivity contribution is 8.18. The number of carbonyl (C=O) groups is 1. The largest absolute Gasteiger partial charge is 0.496 e. The Labute approximate surface area is 179 Å². The predicted molar refractivity (Wildman–Crippen MR) is 119 cm³/mol. The molecule has 1 N–H and O–H groups in total. The second-order valence-corrected chi connectivity index (χ2v) is 8.48. The van der Waals surface area contributed by atoms with E-state index < -0.39 is 0 Å². The van der Waals surface area contributed by atoms with Gasteiger partial charge in [0.2, 0.25) is 0 Å². The van der Waals surface area contributed by atoms with Crippen LogP contribution in [0.2, 0.25) is 10.0 Å². The number of halogens is 2. The number of ether oxygens (including phenoxy) is 1. The van der Waals surface area contributed by atoms with Crippen molar-refractivity contribution < 1.29 is 9.53 Å². The van der Waals surface area contributed by atoms with Gasteiger partial charge in [0.15, 0.2) is 5.17 Å². The number of hydrogen-bond acceptors (Lipinski definition) is 4. The molecule has 7 heteroatoms. The van der Waals surface area contributed by atoms with E-state index in [0.717, 1.165) is 22.4 Å². The number of benzene rings is 2. The van der Waals surface area contributed by atoms with E-state index in [1.54, 1.807) is 25.3 Å². The number of aliphatic imine (C=N–C) groups is 1. The Kier molecular flexibility index (Phi) is 6.38. The Morgan fingerprint density at radius 1 is 1.25 bits per heavy atom. The SMILES string of the molecule is COc1cc(C)c(/C=C2\SC(=Nc3cccc(Cl)c3Cl)NC2=O)cc1C(C)C. The fourth-order valence-electron chi connectivity index (χ4n) is 2.81. The Morgan fingerprint density at radius 2 is 2.00 bits per heavy atom. The van der Waals surface area contributed by atoms with Crippen LogP contribution in [0.3, 0.4) is 0 Å². The first-order chi connectivity index (χ1) is 13.3. The molecule has 0 unspecified atom stereocenters. The number of thioether (sulfide) groups is 1. The smallest absolute Gasteiger partial charge is 0.264 e. The van der Waals surface area contributed by atoms with E-state index in [-0.39, 0.29) is 5.91 Å². The summed E-state index contributed by atoms with van der Waals surface area (Å²) in [6.45, 7) is 6.22. The third-order valence-electron chi connectivity index (χ3n) is 4.33. The van der Waals surface area contributed by atoms with Gasteiger partial charge in [0.1, 0.15) is 5.75 Å². The number of nitrogens with zero attached hydrogens (tertiary/aromatic N) is 1. The number of aryl methyl sites for hydroxylation is 1. The summed E-state index contributed by atoms with van der Waals surface area (Å²) in [5.74, 6) is 0.971. The first kappa shape index (κ1) is 20.8.